The Labute approximate surface area is 136 Å². The van der Waals surface area contributed by atoms with Crippen LogP contribution in [0.15, 0.2) is 30.3 Å². The molecule has 1 heterocycles. The molecule has 1 atom stereocenters. The zero-order chi connectivity index (χ0) is 16.2. The van der Waals surface area contributed by atoms with Crippen molar-refractivity contribution in [1.29, 1.82) is 0 Å². The Bertz CT molecular complexity index is 581. The molecule has 0 aliphatic rings. The van der Waals surface area contributed by atoms with E-state index in [1.54, 1.807) is 11.3 Å². The summed E-state index contributed by atoms with van der Waals surface area (Å²) in [7, 11) is 0. The van der Waals surface area contributed by atoms with E-state index in [4.69, 9.17) is 0 Å². The number of nitrogens with one attached hydrogen (secondary N) is 1. The van der Waals surface area contributed by atoms with E-state index in [0.29, 0.717) is 6.54 Å². The number of benzene rings is 1. The van der Waals surface area contributed by atoms with Crippen LogP contribution < -0.4 is 5.32 Å². The van der Waals surface area contributed by atoms with Gasteiger partial charge in [-0.2, -0.15) is 0 Å². The SMILES string of the molecule is CC(C)C(O)C(C)(C)CNc1nnc(Cc2ccccc2)s1. The number of aliphatic hydroxyl groups excluding tert-OH is 1. The van der Waals surface area contributed by atoms with E-state index >= 15 is 0 Å². The van der Waals surface area contributed by atoms with E-state index in [9.17, 15) is 5.11 Å². The van der Waals surface area contributed by atoms with Gasteiger partial charge in [-0.15, -0.1) is 10.2 Å². The van der Waals surface area contributed by atoms with Gasteiger partial charge in [0.1, 0.15) is 5.01 Å². The van der Waals surface area contributed by atoms with Crippen molar-refractivity contribution in [3.63, 3.8) is 0 Å². The molecule has 2 N–H and O–H groups in total. The summed E-state index contributed by atoms with van der Waals surface area (Å²) in [4.78, 5) is 0. The molecule has 0 amide bonds. The van der Waals surface area contributed by atoms with Gasteiger partial charge in [0.2, 0.25) is 5.13 Å². The van der Waals surface area contributed by atoms with E-state index < -0.39 is 0 Å². The average Bonchev–Trinajstić information content (AvgIpc) is 2.93. The van der Waals surface area contributed by atoms with E-state index in [1.807, 2.05) is 32.0 Å². The smallest absolute Gasteiger partial charge is 0.205 e. The van der Waals surface area contributed by atoms with Gasteiger partial charge in [0.15, 0.2) is 0 Å². The van der Waals surface area contributed by atoms with E-state index in [2.05, 4.69) is 41.5 Å². The Balaban J connectivity index is 1.92. The van der Waals surface area contributed by atoms with Gasteiger partial charge < -0.3 is 10.4 Å². The standard InChI is InChI=1S/C17H25N3OS/c1-12(2)15(21)17(3,4)11-18-16-20-19-14(22-16)10-13-8-6-5-7-9-13/h5-9,12,15,21H,10-11H2,1-4H3,(H,18,20). The van der Waals surface area contributed by atoms with Crippen molar-refractivity contribution in [3.8, 4) is 0 Å². The zero-order valence-electron chi connectivity index (χ0n) is 13.7. The maximum absolute atomic E-state index is 10.3. The van der Waals surface area contributed by atoms with Crippen molar-refractivity contribution in [2.24, 2.45) is 11.3 Å². The predicted octanol–water partition coefficient (Wildman–Crippen LogP) is 3.58. The first-order chi connectivity index (χ1) is 10.4. The molecule has 1 aromatic carbocycles. The van der Waals surface area contributed by atoms with Crippen molar-refractivity contribution in [2.75, 3.05) is 11.9 Å². The average molecular weight is 319 g/mol. The highest BCUT2D eigenvalue weighted by molar-refractivity contribution is 7.15. The van der Waals surface area contributed by atoms with Crippen LogP contribution in [0.5, 0.6) is 0 Å². The molecule has 0 saturated carbocycles. The lowest BCUT2D eigenvalue weighted by Gasteiger charge is -2.33. The molecule has 0 aliphatic heterocycles. The number of hydrogen-bond donors (Lipinski definition) is 2. The van der Waals surface area contributed by atoms with Gasteiger partial charge in [-0.1, -0.05) is 69.4 Å². The van der Waals surface area contributed by atoms with Gasteiger partial charge in [-0.25, -0.2) is 0 Å². The fourth-order valence-electron chi connectivity index (χ4n) is 2.48. The van der Waals surface area contributed by atoms with Gasteiger partial charge in [-0.3, -0.25) is 0 Å². The number of rotatable bonds is 7. The van der Waals surface area contributed by atoms with E-state index in [0.717, 1.165) is 16.6 Å². The second kappa shape index (κ2) is 7.20. The molecule has 5 heteroatoms. The highest BCUT2D eigenvalue weighted by Gasteiger charge is 2.30. The van der Waals surface area contributed by atoms with Gasteiger partial charge in [0.25, 0.3) is 0 Å². The largest absolute Gasteiger partial charge is 0.392 e. The molecular weight excluding hydrogens is 294 g/mol. The molecule has 1 aromatic heterocycles. The quantitative estimate of drug-likeness (QED) is 0.819. The van der Waals surface area contributed by atoms with Crippen molar-refractivity contribution < 1.29 is 5.11 Å². The van der Waals surface area contributed by atoms with Crippen LogP contribution in [0.3, 0.4) is 0 Å². The number of aromatic nitrogens is 2. The molecule has 0 fully saturated rings. The van der Waals surface area contributed by atoms with E-state index in [1.165, 1.54) is 5.56 Å². The topological polar surface area (TPSA) is 58.0 Å². The first-order valence-corrected chi connectivity index (χ1v) is 8.48. The Morgan fingerprint density at radius 1 is 1.18 bits per heavy atom. The van der Waals surface area contributed by atoms with Crippen molar-refractivity contribution in [2.45, 2.75) is 40.2 Å². The Kier molecular flexibility index (Phi) is 5.53. The lowest BCUT2D eigenvalue weighted by atomic mass is 9.81. The summed E-state index contributed by atoms with van der Waals surface area (Å²) >= 11 is 1.57. The normalized spacial score (nSPS) is 13.4. The molecule has 0 saturated heterocycles. The third-order valence-electron chi connectivity index (χ3n) is 3.79. The summed E-state index contributed by atoms with van der Waals surface area (Å²) in [5.41, 5.74) is 1.03. The Morgan fingerprint density at radius 2 is 1.86 bits per heavy atom. The minimum atomic E-state index is -0.350. The number of anilines is 1. The van der Waals surface area contributed by atoms with Crippen LogP contribution in [-0.4, -0.2) is 28.0 Å². The highest BCUT2D eigenvalue weighted by Crippen LogP contribution is 2.27. The molecule has 1 unspecified atom stereocenters. The van der Waals surface area contributed by atoms with E-state index in [-0.39, 0.29) is 17.4 Å². The molecule has 2 aromatic rings. The maximum atomic E-state index is 10.3. The molecular formula is C17H25N3OS. The van der Waals surface area contributed by atoms with Gasteiger partial charge in [-0.05, 0) is 11.5 Å². The molecule has 0 radical (unpaired) electrons. The van der Waals surface area contributed by atoms with Crippen molar-refractivity contribution in [1.82, 2.24) is 10.2 Å². The summed E-state index contributed by atoms with van der Waals surface area (Å²) in [6, 6.07) is 10.3. The Morgan fingerprint density at radius 3 is 2.50 bits per heavy atom. The first kappa shape index (κ1) is 16.9. The van der Waals surface area contributed by atoms with Crippen LogP contribution >= 0.6 is 11.3 Å². The minimum Gasteiger partial charge on any atom is -0.392 e. The third kappa shape index (κ3) is 4.52. The number of hydrogen-bond acceptors (Lipinski definition) is 5. The number of nitrogens with zero attached hydrogens (tertiary/aromatic N) is 2. The lowest BCUT2D eigenvalue weighted by Crippen LogP contribution is -2.39. The molecule has 0 aliphatic carbocycles. The van der Waals surface area contributed by atoms with Gasteiger partial charge >= 0.3 is 0 Å². The summed E-state index contributed by atoms with van der Waals surface area (Å²) in [6.07, 6.45) is 0.454. The lowest BCUT2D eigenvalue weighted by molar-refractivity contribution is 0.0210. The molecule has 2 rings (SSSR count). The van der Waals surface area contributed by atoms with Crippen LogP contribution in [0, 0.1) is 11.3 Å². The van der Waals surface area contributed by atoms with Crippen LogP contribution in [-0.2, 0) is 6.42 Å². The van der Waals surface area contributed by atoms with Gasteiger partial charge in [0.05, 0.1) is 6.10 Å². The van der Waals surface area contributed by atoms with Crippen LogP contribution in [0.25, 0.3) is 0 Å². The fourth-order valence-corrected chi connectivity index (χ4v) is 3.25. The zero-order valence-corrected chi connectivity index (χ0v) is 14.5. The molecule has 120 valence electrons. The van der Waals surface area contributed by atoms with Crippen molar-refractivity contribution in [3.05, 3.63) is 40.9 Å². The third-order valence-corrected chi connectivity index (χ3v) is 4.67. The van der Waals surface area contributed by atoms with Crippen LogP contribution in [0.1, 0.15) is 38.3 Å². The minimum absolute atomic E-state index is 0.209. The van der Waals surface area contributed by atoms with Crippen LogP contribution in [0.2, 0.25) is 0 Å². The second-order valence-corrected chi connectivity index (χ2v) is 7.76. The maximum Gasteiger partial charge on any atom is 0.205 e. The molecule has 0 spiro atoms. The summed E-state index contributed by atoms with van der Waals surface area (Å²) in [5.74, 6) is 0.236. The molecule has 22 heavy (non-hydrogen) atoms. The Hall–Kier alpha value is -1.46. The summed E-state index contributed by atoms with van der Waals surface area (Å²) < 4.78 is 0. The summed E-state index contributed by atoms with van der Waals surface area (Å²) in [6.45, 7) is 8.88. The second-order valence-electron chi connectivity index (χ2n) is 6.69. The first-order valence-electron chi connectivity index (χ1n) is 7.67. The van der Waals surface area contributed by atoms with Gasteiger partial charge in [0, 0.05) is 18.4 Å². The monoisotopic (exact) mass is 319 g/mol. The highest BCUT2D eigenvalue weighted by atomic mass is 32.1. The number of aliphatic hydroxyl groups is 1. The fraction of sp³-hybridized carbons (Fsp3) is 0.529. The molecule has 0 bridgehead atoms. The van der Waals surface area contributed by atoms with Crippen molar-refractivity contribution >= 4 is 16.5 Å². The summed E-state index contributed by atoms with van der Waals surface area (Å²) in [5, 5.41) is 23.8. The van der Waals surface area contributed by atoms with Crippen LogP contribution in [0.4, 0.5) is 5.13 Å². The predicted molar refractivity (Wildman–Crippen MR) is 92.3 cm³/mol. The molecule has 4 nitrogen and oxygen atoms in total.